The van der Waals surface area contributed by atoms with Gasteiger partial charge in [-0.2, -0.15) is 0 Å². The second-order valence-electron chi connectivity index (χ2n) is 3.46. The highest BCUT2D eigenvalue weighted by Gasteiger charge is 2.10. The maximum absolute atomic E-state index is 11.4. The molecule has 0 aliphatic carbocycles. The first-order chi connectivity index (χ1) is 7.90. The van der Waals surface area contributed by atoms with Crippen molar-refractivity contribution in [3.05, 3.63) is 28.2 Å². The molecule has 0 aromatic heterocycles. The maximum Gasteiger partial charge on any atom is 0.336 e. The summed E-state index contributed by atoms with van der Waals surface area (Å²) in [5, 5.41) is 12.9. The summed E-state index contributed by atoms with van der Waals surface area (Å²) in [5.74, 6) is -1.06. The molecule has 0 radical (unpaired) electrons. The predicted molar refractivity (Wildman–Crippen MR) is 66.9 cm³/mol. The minimum absolute atomic E-state index is 0.0904. The number of hydrogen-bond acceptors (Lipinski definition) is 3. The lowest BCUT2D eigenvalue weighted by molar-refractivity contribution is 0.0696. The van der Waals surface area contributed by atoms with E-state index >= 15 is 0 Å². The van der Waals surface area contributed by atoms with Gasteiger partial charge in [0.2, 0.25) is 0 Å². The summed E-state index contributed by atoms with van der Waals surface area (Å²) in [6, 6.07) is 4.11. The smallest absolute Gasteiger partial charge is 0.336 e. The van der Waals surface area contributed by atoms with Crippen LogP contribution in [0.5, 0.6) is 0 Å². The number of anilines is 1. The van der Waals surface area contributed by atoms with Crippen LogP contribution >= 0.6 is 15.9 Å². The molecule has 0 aliphatic rings. The highest BCUT2D eigenvalue weighted by atomic mass is 79.9. The van der Waals surface area contributed by atoms with E-state index in [9.17, 15) is 9.59 Å². The van der Waals surface area contributed by atoms with Crippen molar-refractivity contribution >= 4 is 33.6 Å². The Morgan fingerprint density at radius 2 is 2.00 bits per heavy atom. The minimum Gasteiger partial charge on any atom is -0.478 e. The number of carbonyl (C=O) groups excluding carboxylic acids is 1. The molecular weight excluding hydrogens is 290 g/mol. The Hall–Kier alpha value is -1.60. The number of nitrogens with one attached hydrogen (secondary N) is 2. The van der Waals surface area contributed by atoms with E-state index in [1.165, 1.54) is 11.1 Å². The third-order valence-corrected chi connectivity index (χ3v) is 2.47. The van der Waals surface area contributed by atoms with Crippen molar-refractivity contribution in [3.63, 3.8) is 0 Å². The molecule has 1 aromatic rings. The van der Waals surface area contributed by atoms with Gasteiger partial charge in [0.05, 0.1) is 5.56 Å². The van der Waals surface area contributed by atoms with Gasteiger partial charge in [0.25, 0.3) is 0 Å². The SMILES string of the molecule is CN(C)NC(=O)Nc1ccc(Br)c(C(=O)O)c1. The molecule has 0 aliphatic heterocycles. The molecule has 0 saturated heterocycles. The Morgan fingerprint density at radius 1 is 1.35 bits per heavy atom. The number of rotatable bonds is 3. The van der Waals surface area contributed by atoms with Gasteiger partial charge < -0.3 is 10.4 Å². The van der Waals surface area contributed by atoms with Crippen LogP contribution in [0.1, 0.15) is 10.4 Å². The summed E-state index contributed by atoms with van der Waals surface area (Å²) in [5.41, 5.74) is 2.98. The van der Waals surface area contributed by atoms with Gasteiger partial charge in [-0.3, -0.25) is 5.43 Å². The molecule has 1 aromatic carbocycles. The number of carbonyl (C=O) groups is 2. The van der Waals surface area contributed by atoms with E-state index < -0.39 is 12.0 Å². The molecule has 0 heterocycles. The molecule has 17 heavy (non-hydrogen) atoms. The number of benzene rings is 1. The Bertz CT molecular complexity index is 448. The lowest BCUT2D eigenvalue weighted by Gasteiger charge is -2.13. The first kappa shape index (κ1) is 13.5. The molecule has 0 spiro atoms. The van der Waals surface area contributed by atoms with Crippen molar-refractivity contribution in [2.75, 3.05) is 19.4 Å². The van der Waals surface area contributed by atoms with Crippen molar-refractivity contribution in [1.29, 1.82) is 0 Å². The summed E-state index contributed by atoms with van der Waals surface area (Å²) in [7, 11) is 3.34. The fraction of sp³-hybridized carbons (Fsp3) is 0.200. The van der Waals surface area contributed by atoms with E-state index in [1.807, 2.05) is 0 Å². The van der Waals surface area contributed by atoms with Gasteiger partial charge in [-0.25, -0.2) is 14.6 Å². The van der Waals surface area contributed by atoms with Crippen molar-refractivity contribution < 1.29 is 14.7 Å². The quantitative estimate of drug-likeness (QED) is 0.743. The summed E-state index contributed by atoms with van der Waals surface area (Å²) < 4.78 is 0.462. The average molecular weight is 302 g/mol. The fourth-order valence-corrected chi connectivity index (χ4v) is 1.55. The number of nitrogens with zero attached hydrogens (tertiary/aromatic N) is 1. The Morgan fingerprint density at radius 3 is 2.53 bits per heavy atom. The molecule has 1 rings (SSSR count). The van der Waals surface area contributed by atoms with Gasteiger partial charge >= 0.3 is 12.0 Å². The van der Waals surface area contributed by atoms with Gasteiger partial charge in [-0.1, -0.05) is 0 Å². The summed E-state index contributed by atoms with van der Waals surface area (Å²) in [4.78, 5) is 22.2. The molecule has 0 fully saturated rings. The number of carboxylic acid groups (broad SMARTS) is 1. The van der Waals surface area contributed by atoms with Crippen LogP contribution in [0.25, 0.3) is 0 Å². The molecule has 0 bridgehead atoms. The zero-order valence-corrected chi connectivity index (χ0v) is 10.9. The molecule has 0 atom stereocenters. The molecule has 0 saturated carbocycles. The first-order valence-corrected chi connectivity index (χ1v) is 5.47. The highest BCUT2D eigenvalue weighted by Crippen LogP contribution is 2.21. The molecule has 0 unspecified atom stereocenters. The van der Waals surface area contributed by atoms with E-state index in [0.717, 1.165) is 0 Å². The number of halogens is 1. The van der Waals surface area contributed by atoms with Crippen LogP contribution in [-0.4, -0.2) is 36.2 Å². The van der Waals surface area contributed by atoms with E-state index in [4.69, 9.17) is 5.11 Å². The number of hydrogen-bond donors (Lipinski definition) is 3. The lowest BCUT2D eigenvalue weighted by Crippen LogP contribution is -2.39. The molecule has 3 N–H and O–H groups in total. The highest BCUT2D eigenvalue weighted by molar-refractivity contribution is 9.10. The van der Waals surface area contributed by atoms with Crippen LogP contribution in [0.2, 0.25) is 0 Å². The molecule has 6 nitrogen and oxygen atoms in total. The molecule has 7 heteroatoms. The second kappa shape index (κ2) is 5.65. The Labute approximate surface area is 107 Å². The van der Waals surface area contributed by atoms with Crippen LogP contribution in [0.3, 0.4) is 0 Å². The van der Waals surface area contributed by atoms with E-state index in [-0.39, 0.29) is 5.56 Å². The van der Waals surface area contributed by atoms with Crippen LogP contribution in [0.15, 0.2) is 22.7 Å². The number of amides is 2. The van der Waals surface area contributed by atoms with Crippen LogP contribution in [0, 0.1) is 0 Å². The molecule has 92 valence electrons. The minimum atomic E-state index is -1.06. The first-order valence-electron chi connectivity index (χ1n) is 4.68. The van der Waals surface area contributed by atoms with Crippen molar-refractivity contribution in [3.8, 4) is 0 Å². The number of aromatic carboxylic acids is 1. The van der Waals surface area contributed by atoms with Crippen LogP contribution < -0.4 is 10.7 Å². The monoisotopic (exact) mass is 301 g/mol. The predicted octanol–water partition coefficient (Wildman–Crippen LogP) is 1.75. The van der Waals surface area contributed by atoms with E-state index in [2.05, 4.69) is 26.7 Å². The van der Waals surface area contributed by atoms with E-state index in [0.29, 0.717) is 10.2 Å². The van der Waals surface area contributed by atoms with Gasteiger partial charge in [-0.15, -0.1) is 0 Å². The van der Waals surface area contributed by atoms with Gasteiger partial charge in [0.15, 0.2) is 0 Å². The lowest BCUT2D eigenvalue weighted by atomic mass is 10.2. The Kier molecular flexibility index (Phi) is 4.47. The topological polar surface area (TPSA) is 81.7 Å². The zero-order chi connectivity index (χ0) is 13.0. The Balaban J connectivity index is 2.82. The van der Waals surface area contributed by atoms with Gasteiger partial charge in [0.1, 0.15) is 0 Å². The van der Waals surface area contributed by atoms with Gasteiger partial charge in [0, 0.05) is 24.3 Å². The van der Waals surface area contributed by atoms with Gasteiger partial charge in [-0.05, 0) is 34.1 Å². The van der Waals surface area contributed by atoms with Crippen molar-refractivity contribution in [2.24, 2.45) is 0 Å². The summed E-state index contributed by atoms with van der Waals surface area (Å²) in [6.45, 7) is 0. The van der Waals surface area contributed by atoms with Crippen LogP contribution in [0.4, 0.5) is 10.5 Å². The normalized spacial score (nSPS) is 10.1. The number of urea groups is 1. The zero-order valence-electron chi connectivity index (χ0n) is 9.32. The van der Waals surface area contributed by atoms with E-state index in [1.54, 1.807) is 26.2 Å². The standard InChI is InChI=1S/C10H12BrN3O3/c1-14(2)13-10(17)12-6-3-4-8(11)7(5-6)9(15)16/h3-5H,1-2H3,(H,15,16)(H2,12,13,17). The number of carboxylic acids is 1. The third kappa shape index (κ3) is 4.04. The second-order valence-corrected chi connectivity index (χ2v) is 4.31. The maximum atomic E-state index is 11.4. The molecule has 2 amide bonds. The average Bonchev–Trinajstić information content (AvgIpc) is 2.19. The largest absolute Gasteiger partial charge is 0.478 e. The van der Waals surface area contributed by atoms with Crippen molar-refractivity contribution in [2.45, 2.75) is 0 Å². The van der Waals surface area contributed by atoms with Crippen molar-refractivity contribution in [1.82, 2.24) is 10.4 Å². The summed E-state index contributed by atoms with van der Waals surface area (Å²) in [6.07, 6.45) is 0. The molecular formula is C10H12BrN3O3. The number of hydrazine groups is 1. The fourth-order valence-electron chi connectivity index (χ4n) is 1.13. The third-order valence-electron chi connectivity index (χ3n) is 1.78. The van der Waals surface area contributed by atoms with Crippen LogP contribution in [-0.2, 0) is 0 Å². The summed E-state index contributed by atoms with van der Waals surface area (Å²) >= 11 is 3.12.